The first-order valence-electron chi connectivity index (χ1n) is 7.98. The molecular weight excluding hydrogens is 308 g/mol. The number of ketones is 1. The van der Waals surface area contributed by atoms with E-state index in [9.17, 15) is 4.79 Å². The van der Waals surface area contributed by atoms with Gasteiger partial charge in [0, 0.05) is 24.5 Å². The van der Waals surface area contributed by atoms with Gasteiger partial charge in [0.05, 0.1) is 25.2 Å². The Kier molecular flexibility index (Phi) is 4.62. The summed E-state index contributed by atoms with van der Waals surface area (Å²) in [7, 11) is 4.79. The average Bonchev–Trinajstić information content (AvgIpc) is 2.57. The van der Waals surface area contributed by atoms with Gasteiger partial charge in [-0.3, -0.25) is 4.79 Å². The van der Waals surface area contributed by atoms with Crippen molar-refractivity contribution < 1.29 is 23.7 Å². The number of benzene rings is 2. The number of carbonyl (C=O) groups is 1. The van der Waals surface area contributed by atoms with Crippen molar-refractivity contribution in [2.24, 2.45) is 0 Å². The fraction of sp³-hybridized carbons (Fsp3) is 0.421. The molecule has 5 heteroatoms. The molecule has 0 radical (unpaired) electrons. The minimum atomic E-state index is 0.0894. The van der Waals surface area contributed by atoms with Gasteiger partial charge in [-0.2, -0.15) is 0 Å². The van der Waals surface area contributed by atoms with E-state index in [1.54, 1.807) is 21.3 Å². The summed E-state index contributed by atoms with van der Waals surface area (Å²) in [5, 5.41) is 1.65. The smallest absolute Gasteiger partial charge is 0.188 e. The molecule has 0 atom stereocenters. The van der Waals surface area contributed by atoms with Crippen molar-refractivity contribution in [3.8, 4) is 17.2 Å². The van der Waals surface area contributed by atoms with Gasteiger partial charge in [-0.1, -0.05) is 0 Å². The third kappa shape index (κ3) is 2.59. The Bertz CT molecular complexity index is 794. The Morgan fingerprint density at radius 3 is 2.46 bits per heavy atom. The fourth-order valence-electron chi connectivity index (χ4n) is 3.46. The largest absolute Gasteiger partial charge is 0.496 e. The molecule has 0 unspecified atom stereocenters. The summed E-state index contributed by atoms with van der Waals surface area (Å²) in [6.45, 7) is 2.12. The van der Waals surface area contributed by atoms with Crippen molar-refractivity contribution in [3.63, 3.8) is 0 Å². The van der Waals surface area contributed by atoms with Crippen molar-refractivity contribution >= 4 is 16.6 Å². The summed E-state index contributed by atoms with van der Waals surface area (Å²) >= 11 is 0. The molecule has 0 fully saturated rings. The van der Waals surface area contributed by atoms with E-state index in [4.69, 9.17) is 18.9 Å². The van der Waals surface area contributed by atoms with Crippen LogP contribution in [0.25, 0.3) is 10.8 Å². The van der Waals surface area contributed by atoms with Gasteiger partial charge in [-0.05, 0) is 37.5 Å². The molecule has 0 heterocycles. The van der Waals surface area contributed by atoms with E-state index in [0.717, 1.165) is 40.5 Å². The highest BCUT2D eigenvalue weighted by Crippen LogP contribution is 2.47. The van der Waals surface area contributed by atoms with Crippen molar-refractivity contribution in [2.45, 2.75) is 26.2 Å². The molecule has 0 aromatic heterocycles. The number of methoxy groups -OCH3 is 3. The number of hydrogen-bond acceptors (Lipinski definition) is 5. The normalized spacial score (nSPS) is 13.8. The minimum absolute atomic E-state index is 0.0894. The molecule has 0 saturated heterocycles. The van der Waals surface area contributed by atoms with Gasteiger partial charge in [0.25, 0.3) is 0 Å². The standard InChI is InChI=1S/C19H22O5/c1-11-8-13-17(15(9-11)24-10-21-2)19(23-4)16-12(18(13)22-3)6-5-7-14(16)20/h8-9H,5-7,10H2,1-4H3. The van der Waals surface area contributed by atoms with Crippen molar-refractivity contribution in [2.75, 3.05) is 28.1 Å². The number of hydrogen-bond donors (Lipinski definition) is 0. The molecule has 0 saturated carbocycles. The van der Waals surface area contributed by atoms with Crippen LogP contribution < -0.4 is 14.2 Å². The summed E-state index contributed by atoms with van der Waals surface area (Å²) in [6.07, 6.45) is 2.16. The van der Waals surface area contributed by atoms with E-state index >= 15 is 0 Å². The summed E-state index contributed by atoms with van der Waals surface area (Å²) in [5.74, 6) is 2.02. The summed E-state index contributed by atoms with van der Waals surface area (Å²) < 4.78 is 22.1. The molecular formula is C19H22O5. The third-order valence-electron chi connectivity index (χ3n) is 4.37. The molecule has 5 nitrogen and oxygen atoms in total. The Morgan fingerprint density at radius 1 is 1.04 bits per heavy atom. The predicted molar refractivity (Wildman–Crippen MR) is 91.6 cm³/mol. The molecule has 0 bridgehead atoms. The number of ether oxygens (including phenoxy) is 4. The average molecular weight is 330 g/mol. The lowest BCUT2D eigenvalue weighted by molar-refractivity contribution is 0.0521. The van der Waals surface area contributed by atoms with Crippen LogP contribution in [0.5, 0.6) is 17.2 Å². The Hall–Kier alpha value is -2.27. The second kappa shape index (κ2) is 6.69. The van der Waals surface area contributed by atoms with Gasteiger partial charge in [-0.25, -0.2) is 0 Å². The van der Waals surface area contributed by atoms with Crippen molar-refractivity contribution in [1.82, 2.24) is 0 Å². The van der Waals surface area contributed by atoms with Gasteiger partial charge in [-0.15, -0.1) is 0 Å². The Morgan fingerprint density at radius 2 is 1.79 bits per heavy atom. The van der Waals surface area contributed by atoms with Crippen LogP contribution in [0.1, 0.15) is 34.3 Å². The first-order valence-corrected chi connectivity index (χ1v) is 7.98. The third-order valence-corrected chi connectivity index (χ3v) is 4.37. The second-order valence-corrected chi connectivity index (χ2v) is 5.93. The van der Waals surface area contributed by atoms with E-state index in [-0.39, 0.29) is 12.6 Å². The number of carbonyl (C=O) groups excluding carboxylic acids is 1. The topological polar surface area (TPSA) is 54.0 Å². The molecule has 3 rings (SSSR count). The number of fused-ring (bicyclic) bond motifs is 2. The lowest BCUT2D eigenvalue weighted by Gasteiger charge is -2.24. The van der Waals surface area contributed by atoms with Crippen LogP contribution in [0.15, 0.2) is 12.1 Å². The molecule has 0 aliphatic heterocycles. The highest BCUT2D eigenvalue weighted by Gasteiger charge is 2.29. The molecule has 1 aliphatic rings. The van der Waals surface area contributed by atoms with Crippen LogP contribution in [-0.4, -0.2) is 33.9 Å². The lowest BCUT2D eigenvalue weighted by atomic mass is 9.85. The van der Waals surface area contributed by atoms with Crippen LogP contribution in [0, 0.1) is 6.92 Å². The van der Waals surface area contributed by atoms with E-state index < -0.39 is 0 Å². The fourth-order valence-corrected chi connectivity index (χ4v) is 3.46. The zero-order chi connectivity index (χ0) is 17.3. The van der Waals surface area contributed by atoms with Crippen LogP contribution in [-0.2, 0) is 11.2 Å². The molecule has 2 aromatic rings. The number of Topliss-reactive ketones (excluding diaryl/α,β-unsaturated/α-hetero) is 1. The molecule has 0 spiro atoms. The zero-order valence-corrected chi connectivity index (χ0v) is 14.5. The van der Waals surface area contributed by atoms with Gasteiger partial charge >= 0.3 is 0 Å². The van der Waals surface area contributed by atoms with Crippen molar-refractivity contribution in [3.05, 3.63) is 28.8 Å². The molecule has 0 N–H and O–H groups in total. The highest BCUT2D eigenvalue weighted by atomic mass is 16.7. The minimum Gasteiger partial charge on any atom is -0.496 e. The first kappa shape index (κ1) is 16.6. The first-order chi connectivity index (χ1) is 11.6. The summed E-state index contributed by atoms with van der Waals surface area (Å²) in [6, 6.07) is 3.96. The maximum atomic E-state index is 12.6. The predicted octanol–water partition coefficient (Wildman–Crippen LogP) is 3.67. The summed E-state index contributed by atoms with van der Waals surface area (Å²) in [5.41, 5.74) is 2.59. The molecule has 24 heavy (non-hydrogen) atoms. The van der Waals surface area contributed by atoms with Crippen LogP contribution in [0.3, 0.4) is 0 Å². The van der Waals surface area contributed by atoms with Gasteiger partial charge in [0.1, 0.15) is 17.2 Å². The van der Waals surface area contributed by atoms with Crippen LogP contribution >= 0.6 is 0 Å². The Labute approximate surface area is 141 Å². The number of aryl methyl sites for hydroxylation is 1. The quantitative estimate of drug-likeness (QED) is 0.783. The highest BCUT2D eigenvalue weighted by molar-refractivity contribution is 6.11. The SMILES string of the molecule is COCOc1cc(C)cc2c(OC)c3c(c(OC)c12)C(=O)CCC3. The lowest BCUT2D eigenvalue weighted by Crippen LogP contribution is -2.15. The molecule has 1 aliphatic carbocycles. The molecule has 0 amide bonds. The second-order valence-electron chi connectivity index (χ2n) is 5.93. The summed E-state index contributed by atoms with van der Waals surface area (Å²) in [4.78, 5) is 12.6. The maximum absolute atomic E-state index is 12.6. The van der Waals surface area contributed by atoms with Crippen LogP contribution in [0.4, 0.5) is 0 Å². The van der Waals surface area contributed by atoms with Crippen LogP contribution in [0.2, 0.25) is 0 Å². The zero-order valence-electron chi connectivity index (χ0n) is 14.5. The van der Waals surface area contributed by atoms with E-state index in [2.05, 4.69) is 0 Å². The number of rotatable bonds is 5. The van der Waals surface area contributed by atoms with E-state index in [1.807, 2.05) is 19.1 Å². The monoisotopic (exact) mass is 330 g/mol. The van der Waals surface area contributed by atoms with E-state index in [1.165, 1.54) is 0 Å². The molecule has 128 valence electrons. The van der Waals surface area contributed by atoms with Gasteiger partial charge in [0.2, 0.25) is 0 Å². The van der Waals surface area contributed by atoms with E-state index in [0.29, 0.717) is 23.5 Å². The maximum Gasteiger partial charge on any atom is 0.188 e. The van der Waals surface area contributed by atoms with Gasteiger partial charge in [0.15, 0.2) is 12.6 Å². The van der Waals surface area contributed by atoms with Gasteiger partial charge < -0.3 is 18.9 Å². The molecule has 2 aromatic carbocycles. The van der Waals surface area contributed by atoms with Crippen molar-refractivity contribution in [1.29, 1.82) is 0 Å². The Balaban J connectivity index is 2.43.